The lowest BCUT2D eigenvalue weighted by atomic mass is 9.85. The number of H-pyrrole nitrogens is 1. The molecule has 2 heterocycles. The topological polar surface area (TPSA) is 96.7 Å². The minimum absolute atomic E-state index is 0.154. The van der Waals surface area contributed by atoms with E-state index in [1.54, 1.807) is 0 Å². The summed E-state index contributed by atoms with van der Waals surface area (Å²) >= 11 is 0. The second-order valence-electron chi connectivity index (χ2n) is 9.26. The zero-order valence-electron chi connectivity index (χ0n) is 19.6. The van der Waals surface area contributed by atoms with Gasteiger partial charge in [-0.1, -0.05) is 62.4 Å². The molecule has 7 heteroatoms. The fraction of sp³-hybridized carbons (Fsp3) is 0.321. The molecule has 0 atom stereocenters. The molecule has 35 heavy (non-hydrogen) atoms. The largest absolute Gasteiger partial charge is 0.489 e. The third kappa shape index (κ3) is 5.14. The van der Waals surface area contributed by atoms with E-state index >= 15 is 0 Å². The molecule has 0 spiro atoms. The summed E-state index contributed by atoms with van der Waals surface area (Å²) in [5.41, 5.74) is 3.25. The number of benzene rings is 2. The number of ether oxygens (including phenoxy) is 1. The molecule has 5 rings (SSSR count). The lowest BCUT2D eigenvalue weighted by Gasteiger charge is -2.21. The summed E-state index contributed by atoms with van der Waals surface area (Å²) in [6.45, 7) is 0.476. The summed E-state index contributed by atoms with van der Waals surface area (Å²) < 4.78 is 7.09. The van der Waals surface area contributed by atoms with Gasteiger partial charge in [0, 0.05) is 11.6 Å². The highest BCUT2D eigenvalue weighted by molar-refractivity contribution is 5.86. The molecule has 1 aliphatic rings. The number of nitrogens with one attached hydrogen (secondary N) is 1. The Labute approximate surface area is 203 Å². The van der Waals surface area contributed by atoms with Gasteiger partial charge < -0.3 is 14.8 Å². The quantitative estimate of drug-likeness (QED) is 0.355. The van der Waals surface area contributed by atoms with E-state index in [4.69, 9.17) is 4.74 Å². The van der Waals surface area contributed by atoms with Gasteiger partial charge in [0.1, 0.15) is 18.0 Å². The SMILES string of the molecule is O=C(O)c1cc2[nH]c(-c3ccc(OCc4ccccc4)cc3)c(CCC3CCCCC3)c(=O)n2n1. The Morgan fingerprint density at radius 1 is 1.06 bits per heavy atom. The van der Waals surface area contributed by atoms with Gasteiger partial charge in [-0.05, 0) is 54.2 Å². The molecule has 2 N–H and O–H groups in total. The van der Waals surface area contributed by atoms with Crippen molar-refractivity contribution in [1.29, 1.82) is 0 Å². The standard InChI is InChI=1S/C28H29N3O4/c32-27-23(16-11-19-7-3-1-4-8-19)26(29-25-17-24(28(33)34)30-31(25)27)21-12-14-22(15-13-21)35-18-20-9-5-2-6-10-20/h2,5-6,9-10,12-15,17,19,29H,1,3-4,7-8,11,16,18H2,(H,33,34). The number of carbonyl (C=O) groups is 1. The van der Waals surface area contributed by atoms with Crippen molar-refractivity contribution < 1.29 is 14.6 Å². The number of carboxylic acid groups (broad SMARTS) is 1. The normalized spacial score (nSPS) is 14.3. The van der Waals surface area contributed by atoms with Gasteiger partial charge in [0.2, 0.25) is 0 Å². The number of carboxylic acids is 1. The van der Waals surface area contributed by atoms with Gasteiger partial charge >= 0.3 is 5.97 Å². The minimum Gasteiger partial charge on any atom is -0.489 e. The Bertz CT molecular complexity index is 1370. The molecule has 4 aromatic rings. The van der Waals surface area contributed by atoms with Crippen molar-refractivity contribution in [1.82, 2.24) is 14.6 Å². The van der Waals surface area contributed by atoms with Crippen molar-refractivity contribution in [3.8, 4) is 17.0 Å². The van der Waals surface area contributed by atoms with Gasteiger partial charge in [-0.15, -0.1) is 0 Å². The third-order valence-corrected chi connectivity index (χ3v) is 6.85. The highest BCUT2D eigenvalue weighted by Gasteiger charge is 2.20. The van der Waals surface area contributed by atoms with Crippen LogP contribution < -0.4 is 10.3 Å². The molecular formula is C28H29N3O4. The number of fused-ring (bicyclic) bond motifs is 1. The van der Waals surface area contributed by atoms with Gasteiger partial charge in [0.05, 0.1) is 5.69 Å². The van der Waals surface area contributed by atoms with Crippen molar-refractivity contribution in [2.45, 2.75) is 51.6 Å². The van der Waals surface area contributed by atoms with E-state index < -0.39 is 5.97 Å². The summed E-state index contributed by atoms with van der Waals surface area (Å²) in [5.74, 6) is 0.196. The first kappa shape index (κ1) is 22.9. The first-order valence-corrected chi connectivity index (χ1v) is 12.2. The summed E-state index contributed by atoms with van der Waals surface area (Å²) in [5, 5.41) is 13.4. The Kier molecular flexibility index (Phi) is 6.66. The predicted molar refractivity (Wildman–Crippen MR) is 134 cm³/mol. The molecule has 2 aromatic heterocycles. The van der Waals surface area contributed by atoms with Gasteiger partial charge in [-0.25, -0.2) is 4.79 Å². The van der Waals surface area contributed by atoms with Crippen molar-refractivity contribution in [2.75, 3.05) is 0 Å². The molecule has 1 fully saturated rings. The maximum absolute atomic E-state index is 13.4. The summed E-state index contributed by atoms with van der Waals surface area (Å²) in [6.07, 6.45) is 7.75. The molecule has 1 aliphatic carbocycles. The van der Waals surface area contributed by atoms with Crippen LogP contribution in [0.3, 0.4) is 0 Å². The van der Waals surface area contributed by atoms with Crippen LogP contribution in [0.15, 0.2) is 65.5 Å². The van der Waals surface area contributed by atoms with E-state index in [9.17, 15) is 14.7 Å². The van der Waals surface area contributed by atoms with E-state index in [1.807, 2.05) is 54.6 Å². The van der Waals surface area contributed by atoms with Gasteiger partial charge in [-0.3, -0.25) is 4.79 Å². The van der Waals surface area contributed by atoms with Gasteiger partial charge in [0.25, 0.3) is 5.56 Å². The average Bonchev–Trinajstić information content (AvgIpc) is 3.34. The van der Waals surface area contributed by atoms with Crippen LogP contribution >= 0.6 is 0 Å². The predicted octanol–water partition coefficient (Wildman–Crippen LogP) is 5.48. The lowest BCUT2D eigenvalue weighted by Crippen LogP contribution is -2.22. The van der Waals surface area contributed by atoms with E-state index in [0.29, 0.717) is 35.9 Å². The molecule has 1 saturated carbocycles. The summed E-state index contributed by atoms with van der Waals surface area (Å²) in [4.78, 5) is 28.2. The zero-order chi connectivity index (χ0) is 24.2. The minimum atomic E-state index is -1.16. The molecule has 0 unspecified atom stereocenters. The second-order valence-corrected chi connectivity index (χ2v) is 9.26. The van der Waals surface area contributed by atoms with E-state index in [2.05, 4.69) is 10.1 Å². The Morgan fingerprint density at radius 2 is 1.80 bits per heavy atom. The lowest BCUT2D eigenvalue weighted by molar-refractivity contribution is 0.0690. The summed E-state index contributed by atoms with van der Waals surface area (Å²) in [7, 11) is 0. The summed E-state index contributed by atoms with van der Waals surface area (Å²) in [6, 6.07) is 19.0. The fourth-order valence-electron chi connectivity index (χ4n) is 4.93. The molecule has 7 nitrogen and oxygen atoms in total. The van der Waals surface area contributed by atoms with Crippen LogP contribution in [0.25, 0.3) is 16.9 Å². The number of hydrogen-bond donors (Lipinski definition) is 2. The molecule has 2 aromatic carbocycles. The van der Waals surface area contributed by atoms with Crippen LogP contribution in [0, 0.1) is 5.92 Å². The maximum atomic E-state index is 13.4. The van der Waals surface area contributed by atoms with E-state index in [-0.39, 0.29) is 11.3 Å². The van der Waals surface area contributed by atoms with Crippen LogP contribution in [-0.2, 0) is 13.0 Å². The molecular weight excluding hydrogens is 442 g/mol. The van der Waals surface area contributed by atoms with E-state index in [1.165, 1.54) is 42.7 Å². The second kappa shape index (κ2) is 10.2. The first-order valence-electron chi connectivity index (χ1n) is 12.2. The van der Waals surface area contributed by atoms with Crippen LogP contribution in [0.2, 0.25) is 0 Å². The van der Waals surface area contributed by atoms with Gasteiger partial charge in [-0.2, -0.15) is 9.61 Å². The van der Waals surface area contributed by atoms with Crippen molar-refractivity contribution in [2.24, 2.45) is 5.92 Å². The molecule has 0 radical (unpaired) electrons. The van der Waals surface area contributed by atoms with Crippen molar-refractivity contribution in [3.63, 3.8) is 0 Å². The third-order valence-electron chi connectivity index (χ3n) is 6.85. The molecule has 0 bridgehead atoms. The van der Waals surface area contributed by atoms with Crippen molar-refractivity contribution in [3.05, 3.63) is 87.8 Å². The number of nitrogens with zero attached hydrogens (tertiary/aromatic N) is 2. The molecule has 0 saturated heterocycles. The average molecular weight is 472 g/mol. The Hall–Kier alpha value is -3.87. The van der Waals surface area contributed by atoms with Crippen LogP contribution in [0.1, 0.15) is 60.1 Å². The fourth-order valence-corrected chi connectivity index (χ4v) is 4.93. The first-order chi connectivity index (χ1) is 17.1. The molecule has 0 amide bonds. The van der Waals surface area contributed by atoms with E-state index in [0.717, 1.165) is 23.3 Å². The number of hydrogen-bond acceptors (Lipinski definition) is 4. The zero-order valence-corrected chi connectivity index (χ0v) is 19.6. The molecule has 180 valence electrons. The smallest absolute Gasteiger partial charge is 0.356 e. The monoisotopic (exact) mass is 471 g/mol. The Balaban J connectivity index is 1.45. The number of aromatic nitrogens is 3. The maximum Gasteiger partial charge on any atom is 0.356 e. The van der Waals surface area contributed by atoms with Crippen molar-refractivity contribution >= 4 is 11.6 Å². The number of aromatic carboxylic acids is 1. The number of aromatic amines is 1. The highest BCUT2D eigenvalue weighted by Crippen LogP contribution is 2.30. The van der Waals surface area contributed by atoms with Crippen LogP contribution in [0.4, 0.5) is 0 Å². The number of rotatable bonds is 8. The van der Waals surface area contributed by atoms with Crippen LogP contribution in [-0.4, -0.2) is 25.7 Å². The van der Waals surface area contributed by atoms with Crippen LogP contribution in [0.5, 0.6) is 5.75 Å². The highest BCUT2D eigenvalue weighted by atomic mass is 16.5. The Morgan fingerprint density at radius 3 is 2.51 bits per heavy atom. The molecule has 0 aliphatic heterocycles. The van der Waals surface area contributed by atoms with Gasteiger partial charge in [0.15, 0.2) is 5.69 Å².